The largest absolute Gasteiger partial charge is 0.497 e. The van der Waals surface area contributed by atoms with Crippen molar-refractivity contribution in [2.45, 2.75) is 26.1 Å². The van der Waals surface area contributed by atoms with Gasteiger partial charge in [0.05, 0.1) is 13.7 Å². The topological polar surface area (TPSA) is 44.8 Å². The van der Waals surface area contributed by atoms with Crippen LogP contribution in [-0.2, 0) is 0 Å². The molecule has 0 bridgehead atoms. The summed E-state index contributed by atoms with van der Waals surface area (Å²) in [6, 6.07) is 4.68. The standard InChI is InChI=1S/C16H22F3N3O2/c1-11-4-5-13(24-3)8-14(11)20-15(23)21-6-7-22(12(2)9-21)10-16(17,18)19/h4-5,8,12H,6-7,9-10H2,1-3H3,(H,20,23)/t12-/m0/s1. The highest BCUT2D eigenvalue weighted by molar-refractivity contribution is 5.90. The summed E-state index contributed by atoms with van der Waals surface area (Å²) in [5.74, 6) is 0.624. The van der Waals surface area contributed by atoms with Gasteiger partial charge in [-0.3, -0.25) is 4.90 Å². The quantitative estimate of drug-likeness (QED) is 0.916. The number of aryl methyl sites for hydroxylation is 1. The van der Waals surface area contributed by atoms with Crippen LogP contribution < -0.4 is 10.1 Å². The van der Waals surface area contributed by atoms with Crippen molar-refractivity contribution >= 4 is 11.7 Å². The van der Waals surface area contributed by atoms with E-state index in [1.807, 2.05) is 13.0 Å². The lowest BCUT2D eigenvalue weighted by Crippen LogP contribution is -2.56. The maximum Gasteiger partial charge on any atom is 0.401 e. The van der Waals surface area contributed by atoms with Crippen molar-refractivity contribution in [2.24, 2.45) is 0 Å². The SMILES string of the molecule is COc1ccc(C)c(NC(=O)N2CCN(CC(F)(F)F)[C@@H](C)C2)c1. The summed E-state index contributed by atoms with van der Waals surface area (Å²) in [6.45, 7) is 3.32. The Kier molecular flexibility index (Phi) is 5.58. The number of amides is 2. The molecule has 1 aliphatic rings. The first kappa shape index (κ1) is 18.4. The Morgan fingerprint density at radius 1 is 1.38 bits per heavy atom. The van der Waals surface area contributed by atoms with Gasteiger partial charge in [-0.05, 0) is 25.5 Å². The van der Waals surface area contributed by atoms with Gasteiger partial charge in [0.2, 0.25) is 0 Å². The molecule has 8 heteroatoms. The second kappa shape index (κ2) is 7.29. The van der Waals surface area contributed by atoms with E-state index in [0.717, 1.165) is 5.56 Å². The number of benzene rings is 1. The Morgan fingerprint density at radius 3 is 2.67 bits per heavy atom. The maximum atomic E-state index is 12.5. The van der Waals surface area contributed by atoms with Crippen molar-refractivity contribution in [1.82, 2.24) is 9.80 Å². The Balaban J connectivity index is 1.97. The highest BCUT2D eigenvalue weighted by Crippen LogP contribution is 2.23. The summed E-state index contributed by atoms with van der Waals surface area (Å²) in [6.07, 6.45) is -4.23. The number of anilines is 1. The molecule has 1 atom stereocenters. The lowest BCUT2D eigenvalue weighted by molar-refractivity contribution is -0.153. The zero-order valence-corrected chi connectivity index (χ0v) is 14.0. The first-order valence-electron chi connectivity index (χ1n) is 7.71. The second-order valence-electron chi connectivity index (χ2n) is 5.99. The van der Waals surface area contributed by atoms with E-state index in [-0.39, 0.29) is 31.7 Å². The van der Waals surface area contributed by atoms with E-state index in [1.54, 1.807) is 19.1 Å². The number of carbonyl (C=O) groups excluding carboxylic acids is 1. The number of nitrogens with zero attached hydrogens (tertiary/aromatic N) is 2. The van der Waals surface area contributed by atoms with Gasteiger partial charge >= 0.3 is 12.2 Å². The summed E-state index contributed by atoms with van der Waals surface area (Å²) in [7, 11) is 1.54. The lowest BCUT2D eigenvalue weighted by atomic mass is 10.2. The Hall–Kier alpha value is -1.96. The van der Waals surface area contributed by atoms with Gasteiger partial charge in [0.25, 0.3) is 0 Å². The number of methoxy groups -OCH3 is 1. The molecule has 24 heavy (non-hydrogen) atoms. The van der Waals surface area contributed by atoms with Crippen LogP contribution in [0.5, 0.6) is 5.75 Å². The smallest absolute Gasteiger partial charge is 0.401 e. The van der Waals surface area contributed by atoms with E-state index in [4.69, 9.17) is 4.74 Å². The van der Waals surface area contributed by atoms with Crippen LogP contribution in [-0.4, -0.2) is 61.3 Å². The zero-order chi connectivity index (χ0) is 17.9. The van der Waals surface area contributed by atoms with Crippen LogP contribution in [0.25, 0.3) is 0 Å². The van der Waals surface area contributed by atoms with Crippen LogP contribution in [0.2, 0.25) is 0 Å². The third-order valence-corrected chi connectivity index (χ3v) is 4.12. The fourth-order valence-electron chi connectivity index (χ4n) is 2.70. The molecule has 134 valence electrons. The average molecular weight is 345 g/mol. The Bertz CT molecular complexity index is 592. The molecule has 0 aromatic heterocycles. The first-order chi connectivity index (χ1) is 11.2. The summed E-state index contributed by atoms with van der Waals surface area (Å²) in [5.41, 5.74) is 1.51. The molecular formula is C16H22F3N3O2. The van der Waals surface area contributed by atoms with Crippen molar-refractivity contribution in [3.8, 4) is 5.75 Å². The van der Waals surface area contributed by atoms with Crippen molar-refractivity contribution in [2.75, 3.05) is 38.6 Å². The molecule has 1 aromatic carbocycles. The molecule has 2 rings (SSSR count). The summed E-state index contributed by atoms with van der Waals surface area (Å²) in [4.78, 5) is 15.3. The van der Waals surface area contributed by atoms with Gasteiger partial charge in [0.15, 0.2) is 0 Å². The molecule has 0 unspecified atom stereocenters. The fraction of sp³-hybridized carbons (Fsp3) is 0.562. The molecule has 1 aromatic rings. The minimum atomic E-state index is -4.23. The number of nitrogens with one attached hydrogen (secondary N) is 1. The van der Waals surface area contributed by atoms with Crippen molar-refractivity contribution in [3.63, 3.8) is 0 Å². The molecule has 2 amide bonds. The van der Waals surface area contributed by atoms with Gasteiger partial charge in [-0.15, -0.1) is 0 Å². The highest BCUT2D eigenvalue weighted by Gasteiger charge is 2.35. The van der Waals surface area contributed by atoms with E-state index in [1.165, 1.54) is 16.9 Å². The summed E-state index contributed by atoms with van der Waals surface area (Å²) >= 11 is 0. The highest BCUT2D eigenvalue weighted by atomic mass is 19.4. The number of hydrogen-bond donors (Lipinski definition) is 1. The van der Waals surface area contributed by atoms with Gasteiger partial charge in [0, 0.05) is 37.4 Å². The molecule has 0 saturated carbocycles. The third kappa shape index (κ3) is 4.77. The molecule has 1 aliphatic heterocycles. The van der Waals surface area contributed by atoms with Crippen LogP contribution in [0.4, 0.5) is 23.7 Å². The molecule has 0 radical (unpaired) electrons. The van der Waals surface area contributed by atoms with Crippen LogP contribution in [0.1, 0.15) is 12.5 Å². The lowest BCUT2D eigenvalue weighted by Gasteiger charge is -2.40. The average Bonchev–Trinajstić information content (AvgIpc) is 2.50. The van der Waals surface area contributed by atoms with Gasteiger partial charge in [-0.1, -0.05) is 6.07 Å². The Labute approximate surface area is 139 Å². The van der Waals surface area contributed by atoms with Crippen LogP contribution in [0, 0.1) is 6.92 Å². The second-order valence-corrected chi connectivity index (χ2v) is 5.99. The van der Waals surface area contributed by atoms with Crippen LogP contribution >= 0.6 is 0 Å². The molecule has 1 fully saturated rings. The number of alkyl halides is 3. The minimum absolute atomic E-state index is 0.200. The van der Waals surface area contributed by atoms with Gasteiger partial charge in [-0.25, -0.2) is 4.79 Å². The van der Waals surface area contributed by atoms with E-state index >= 15 is 0 Å². The van der Waals surface area contributed by atoms with E-state index in [9.17, 15) is 18.0 Å². The molecule has 5 nitrogen and oxygen atoms in total. The van der Waals surface area contributed by atoms with Gasteiger partial charge in [0.1, 0.15) is 5.75 Å². The van der Waals surface area contributed by atoms with E-state index in [0.29, 0.717) is 11.4 Å². The predicted octanol–water partition coefficient (Wildman–Crippen LogP) is 3.10. The molecular weight excluding hydrogens is 323 g/mol. The molecule has 1 saturated heterocycles. The summed E-state index contributed by atoms with van der Waals surface area (Å²) < 4.78 is 42.7. The van der Waals surface area contributed by atoms with E-state index < -0.39 is 12.7 Å². The number of hydrogen-bond acceptors (Lipinski definition) is 3. The molecule has 0 spiro atoms. The minimum Gasteiger partial charge on any atom is -0.497 e. The van der Waals surface area contributed by atoms with Crippen LogP contribution in [0.3, 0.4) is 0 Å². The monoisotopic (exact) mass is 345 g/mol. The van der Waals surface area contributed by atoms with Crippen molar-refractivity contribution in [1.29, 1.82) is 0 Å². The third-order valence-electron chi connectivity index (χ3n) is 4.12. The number of ether oxygens (including phenoxy) is 1. The number of piperazine rings is 1. The Morgan fingerprint density at radius 2 is 2.08 bits per heavy atom. The normalized spacial score (nSPS) is 19.2. The zero-order valence-electron chi connectivity index (χ0n) is 14.0. The first-order valence-corrected chi connectivity index (χ1v) is 7.71. The number of urea groups is 1. The van der Waals surface area contributed by atoms with Gasteiger partial charge in [-0.2, -0.15) is 13.2 Å². The maximum absolute atomic E-state index is 12.5. The number of rotatable bonds is 3. The molecule has 0 aliphatic carbocycles. The fourth-order valence-corrected chi connectivity index (χ4v) is 2.70. The number of halogens is 3. The van der Waals surface area contributed by atoms with Crippen molar-refractivity contribution in [3.05, 3.63) is 23.8 Å². The molecule has 1 heterocycles. The van der Waals surface area contributed by atoms with Crippen LogP contribution in [0.15, 0.2) is 18.2 Å². The summed E-state index contributed by atoms with van der Waals surface area (Å²) in [5, 5.41) is 2.80. The van der Waals surface area contributed by atoms with Gasteiger partial charge < -0.3 is 15.0 Å². The number of carbonyl (C=O) groups is 1. The molecule has 1 N–H and O–H groups in total. The predicted molar refractivity (Wildman–Crippen MR) is 85.4 cm³/mol. The van der Waals surface area contributed by atoms with E-state index in [2.05, 4.69) is 5.32 Å². The van der Waals surface area contributed by atoms with Crippen molar-refractivity contribution < 1.29 is 22.7 Å².